The van der Waals surface area contributed by atoms with Gasteiger partial charge in [-0.05, 0) is 6.07 Å². The average molecular weight is 266 g/mol. The van der Waals surface area contributed by atoms with E-state index in [1.165, 1.54) is 6.07 Å². The van der Waals surface area contributed by atoms with Gasteiger partial charge in [0.05, 0.1) is 24.1 Å². The molecule has 0 amide bonds. The highest BCUT2D eigenvalue weighted by Gasteiger charge is 2.27. The number of rotatable bonds is 3. The van der Waals surface area contributed by atoms with E-state index in [4.69, 9.17) is 10.00 Å². The third kappa shape index (κ3) is 3.35. The Labute approximate surface area is 107 Å². The van der Waals surface area contributed by atoms with Crippen molar-refractivity contribution in [2.45, 2.75) is 12.6 Å². The molecular weight excluding hydrogens is 257 g/mol. The molecule has 0 saturated carbocycles. The van der Waals surface area contributed by atoms with E-state index in [-0.39, 0.29) is 5.88 Å². The van der Waals surface area contributed by atoms with E-state index < -0.39 is 19.2 Å². The summed E-state index contributed by atoms with van der Waals surface area (Å²) in [6.45, 7) is -0.514. The molecule has 1 aromatic carbocycles. The molecule has 0 bridgehead atoms. The van der Waals surface area contributed by atoms with Crippen molar-refractivity contribution >= 4 is 10.9 Å². The van der Waals surface area contributed by atoms with Gasteiger partial charge in [-0.25, -0.2) is 4.98 Å². The normalized spacial score (nSPS) is 11.3. The maximum Gasteiger partial charge on any atom is 0.392 e. The molecule has 0 atom stereocenters. The molecule has 6 heteroatoms. The van der Waals surface area contributed by atoms with Crippen molar-refractivity contribution in [2.75, 3.05) is 6.61 Å². The number of aromatic nitrogens is 1. The van der Waals surface area contributed by atoms with Crippen LogP contribution in [0.1, 0.15) is 12.0 Å². The van der Waals surface area contributed by atoms with E-state index in [1.54, 1.807) is 24.3 Å². The molecule has 98 valence electrons. The summed E-state index contributed by atoms with van der Waals surface area (Å²) in [5, 5.41) is 9.65. The van der Waals surface area contributed by atoms with Crippen LogP contribution < -0.4 is 4.74 Å². The summed E-state index contributed by atoms with van der Waals surface area (Å²) in [6, 6.07) is 10.2. The van der Waals surface area contributed by atoms with Gasteiger partial charge >= 0.3 is 6.18 Å². The SMILES string of the molecule is N#Cc1cc(OCCC(F)(F)F)nc2ccccc12. The van der Waals surface area contributed by atoms with Gasteiger partial charge in [0.1, 0.15) is 6.07 Å². The third-order valence-corrected chi connectivity index (χ3v) is 2.45. The van der Waals surface area contributed by atoms with Crippen LogP contribution in [-0.2, 0) is 0 Å². The summed E-state index contributed by atoms with van der Waals surface area (Å²) in [5.41, 5.74) is 0.844. The average Bonchev–Trinajstić information content (AvgIpc) is 2.36. The molecule has 2 aromatic rings. The minimum atomic E-state index is -4.27. The molecule has 0 fully saturated rings. The summed E-state index contributed by atoms with van der Waals surface area (Å²) in [7, 11) is 0. The number of hydrogen-bond acceptors (Lipinski definition) is 3. The van der Waals surface area contributed by atoms with Crippen LogP contribution in [-0.4, -0.2) is 17.8 Å². The van der Waals surface area contributed by atoms with Gasteiger partial charge in [-0.2, -0.15) is 18.4 Å². The molecule has 0 spiro atoms. The van der Waals surface area contributed by atoms with Crippen molar-refractivity contribution in [3.63, 3.8) is 0 Å². The Balaban J connectivity index is 2.23. The number of hydrogen-bond donors (Lipinski definition) is 0. The molecule has 0 aliphatic heterocycles. The minimum absolute atomic E-state index is 0.0273. The van der Waals surface area contributed by atoms with E-state index in [2.05, 4.69) is 4.98 Å². The first-order chi connectivity index (χ1) is 8.99. The Morgan fingerprint density at radius 3 is 2.68 bits per heavy atom. The first kappa shape index (κ1) is 13.1. The topological polar surface area (TPSA) is 45.9 Å². The molecule has 1 aromatic heterocycles. The number of alkyl halides is 3. The predicted molar refractivity (Wildman–Crippen MR) is 62.6 cm³/mol. The van der Waals surface area contributed by atoms with Crippen LogP contribution in [0.4, 0.5) is 13.2 Å². The van der Waals surface area contributed by atoms with Crippen LogP contribution in [0.5, 0.6) is 5.88 Å². The number of fused-ring (bicyclic) bond motifs is 1. The second kappa shape index (κ2) is 5.14. The number of nitrogens with zero attached hydrogens (tertiary/aromatic N) is 2. The highest BCUT2D eigenvalue weighted by molar-refractivity contribution is 5.85. The third-order valence-electron chi connectivity index (χ3n) is 2.45. The standard InChI is InChI=1S/C13H9F3N2O/c14-13(15,16)5-6-19-12-7-9(8-17)10-3-1-2-4-11(10)18-12/h1-4,7H,5-6H2. The van der Waals surface area contributed by atoms with Crippen LogP contribution in [0.15, 0.2) is 30.3 Å². The first-order valence-electron chi connectivity index (χ1n) is 5.49. The van der Waals surface area contributed by atoms with Crippen molar-refractivity contribution in [1.82, 2.24) is 4.98 Å². The lowest BCUT2D eigenvalue weighted by Crippen LogP contribution is -2.13. The lowest BCUT2D eigenvalue weighted by Gasteiger charge is -2.09. The molecular formula is C13H9F3N2O. The lowest BCUT2D eigenvalue weighted by atomic mass is 10.1. The van der Waals surface area contributed by atoms with Gasteiger partial charge in [-0.3, -0.25) is 0 Å². The van der Waals surface area contributed by atoms with E-state index in [1.807, 2.05) is 6.07 Å². The Hall–Kier alpha value is -2.29. The molecule has 3 nitrogen and oxygen atoms in total. The summed E-state index contributed by atoms with van der Waals surface area (Å²) in [6.07, 6.45) is -5.32. The molecule has 19 heavy (non-hydrogen) atoms. The van der Waals surface area contributed by atoms with Gasteiger partial charge in [0, 0.05) is 11.5 Å². The molecule has 0 unspecified atom stereocenters. The fourth-order valence-corrected chi connectivity index (χ4v) is 1.59. The molecule has 0 N–H and O–H groups in total. The molecule has 0 saturated heterocycles. The zero-order valence-corrected chi connectivity index (χ0v) is 9.74. The van der Waals surface area contributed by atoms with Gasteiger partial charge in [0.2, 0.25) is 5.88 Å². The van der Waals surface area contributed by atoms with E-state index in [9.17, 15) is 13.2 Å². The van der Waals surface area contributed by atoms with E-state index in [0.29, 0.717) is 16.5 Å². The van der Waals surface area contributed by atoms with Gasteiger partial charge < -0.3 is 4.74 Å². The quantitative estimate of drug-likeness (QED) is 0.854. The Kier molecular flexibility index (Phi) is 3.56. The lowest BCUT2D eigenvalue weighted by molar-refractivity contribution is -0.139. The number of benzene rings is 1. The van der Waals surface area contributed by atoms with E-state index in [0.717, 1.165) is 0 Å². The molecule has 0 aliphatic rings. The van der Waals surface area contributed by atoms with Crippen molar-refractivity contribution in [3.8, 4) is 11.9 Å². The molecule has 2 rings (SSSR count). The van der Waals surface area contributed by atoms with E-state index >= 15 is 0 Å². The summed E-state index contributed by atoms with van der Waals surface area (Å²) in [4.78, 5) is 4.06. The highest BCUT2D eigenvalue weighted by Crippen LogP contribution is 2.23. The second-order valence-electron chi connectivity index (χ2n) is 3.85. The van der Waals surface area contributed by atoms with Crippen LogP contribution in [0.3, 0.4) is 0 Å². The van der Waals surface area contributed by atoms with Gasteiger partial charge in [0.25, 0.3) is 0 Å². The Morgan fingerprint density at radius 2 is 2.00 bits per heavy atom. The monoisotopic (exact) mass is 266 g/mol. The number of ether oxygens (including phenoxy) is 1. The second-order valence-corrected chi connectivity index (χ2v) is 3.85. The van der Waals surface area contributed by atoms with Crippen molar-refractivity contribution in [3.05, 3.63) is 35.9 Å². The highest BCUT2D eigenvalue weighted by atomic mass is 19.4. The van der Waals surface area contributed by atoms with Crippen LogP contribution in [0.2, 0.25) is 0 Å². The molecule has 0 radical (unpaired) electrons. The van der Waals surface area contributed by atoms with Crippen LogP contribution in [0, 0.1) is 11.3 Å². The maximum atomic E-state index is 12.0. The zero-order valence-electron chi connectivity index (χ0n) is 9.74. The smallest absolute Gasteiger partial charge is 0.392 e. The minimum Gasteiger partial charge on any atom is -0.477 e. The zero-order chi connectivity index (χ0) is 13.9. The summed E-state index contributed by atoms with van der Waals surface area (Å²) < 4.78 is 41.0. The number of nitriles is 1. The van der Waals surface area contributed by atoms with Crippen molar-refractivity contribution in [1.29, 1.82) is 5.26 Å². The Morgan fingerprint density at radius 1 is 1.26 bits per heavy atom. The predicted octanol–water partition coefficient (Wildman–Crippen LogP) is 3.44. The maximum absolute atomic E-state index is 12.0. The fourth-order valence-electron chi connectivity index (χ4n) is 1.59. The van der Waals surface area contributed by atoms with Gasteiger partial charge in [0.15, 0.2) is 0 Å². The fraction of sp³-hybridized carbons (Fsp3) is 0.231. The first-order valence-corrected chi connectivity index (χ1v) is 5.49. The summed E-state index contributed by atoms with van der Waals surface area (Å²) >= 11 is 0. The Bertz CT molecular complexity index is 632. The number of pyridine rings is 1. The van der Waals surface area contributed by atoms with Gasteiger partial charge in [-0.15, -0.1) is 0 Å². The van der Waals surface area contributed by atoms with Crippen LogP contribution in [0.25, 0.3) is 10.9 Å². The molecule has 0 aliphatic carbocycles. The largest absolute Gasteiger partial charge is 0.477 e. The van der Waals surface area contributed by atoms with Crippen LogP contribution >= 0.6 is 0 Å². The number of halogens is 3. The molecule has 1 heterocycles. The number of para-hydroxylation sites is 1. The van der Waals surface area contributed by atoms with Crippen molar-refractivity contribution in [2.24, 2.45) is 0 Å². The van der Waals surface area contributed by atoms with Crippen molar-refractivity contribution < 1.29 is 17.9 Å². The van der Waals surface area contributed by atoms with Gasteiger partial charge in [-0.1, -0.05) is 18.2 Å². The summed E-state index contributed by atoms with van der Waals surface area (Å²) in [5.74, 6) is 0.0273.